The summed E-state index contributed by atoms with van der Waals surface area (Å²) in [5, 5.41) is 8.84. The van der Waals surface area contributed by atoms with Crippen molar-refractivity contribution in [2.24, 2.45) is 10.7 Å². The molecular weight excluding hydrogens is 406 g/mol. The summed E-state index contributed by atoms with van der Waals surface area (Å²) in [6.45, 7) is 4.14. The maximum Gasteiger partial charge on any atom is 0.303 e. The van der Waals surface area contributed by atoms with E-state index in [0.717, 1.165) is 5.69 Å². The monoisotopic (exact) mass is 433 g/mol. The zero-order valence-corrected chi connectivity index (χ0v) is 17.4. The third-order valence-corrected chi connectivity index (χ3v) is 4.83. The molecular formula is C19H27N7O5. The minimum Gasteiger partial charge on any atom is -0.459 e. The number of fused-ring (bicyclic) bond motifs is 1. The number of rotatable bonds is 7. The molecule has 12 nitrogen and oxygen atoms in total. The molecule has 2 heterocycles. The number of amides is 1. The summed E-state index contributed by atoms with van der Waals surface area (Å²) in [4.78, 5) is 40.0. The number of benzene rings is 1. The fraction of sp³-hybridized carbons (Fsp3) is 0.474. The lowest BCUT2D eigenvalue weighted by Crippen LogP contribution is -2.78. The largest absolute Gasteiger partial charge is 0.459 e. The smallest absolute Gasteiger partial charge is 0.303 e. The molecule has 2 aliphatic rings. The van der Waals surface area contributed by atoms with Crippen LogP contribution in [0.1, 0.15) is 20.8 Å². The molecule has 0 bridgehead atoms. The first-order chi connectivity index (χ1) is 14.7. The van der Waals surface area contributed by atoms with E-state index in [1.807, 2.05) is 30.3 Å². The van der Waals surface area contributed by atoms with Gasteiger partial charge in [-0.2, -0.15) is 0 Å². The number of carbonyl (C=O) groups is 3. The van der Waals surface area contributed by atoms with Crippen LogP contribution < -0.4 is 32.5 Å². The van der Waals surface area contributed by atoms with Gasteiger partial charge in [0, 0.05) is 19.5 Å². The van der Waals surface area contributed by atoms with Crippen LogP contribution in [0, 0.1) is 0 Å². The van der Waals surface area contributed by atoms with E-state index in [1.165, 1.54) is 13.8 Å². The molecule has 0 spiro atoms. The maximum absolute atomic E-state index is 12.5. The number of nitrogens with zero attached hydrogens (tertiary/aromatic N) is 1. The van der Waals surface area contributed by atoms with Crippen LogP contribution in [0.25, 0.3) is 0 Å². The maximum atomic E-state index is 12.5. The van der Waals surface area contributed by atoms with Crippen LogP contribution in [0.4, 0.5) is 5.69 Å². The lowest BCUT2D eigenvalue weighted by atomic mass is 9.96. The molecule has 1 aromatic carbocycles. The number of anilines is 1. The number of esters is 2. The van der Waals surface area contributed by atoms with Crippen LogP contribution >= 0.6 is 0 Å². The third-order valence-electron chi connectivity index (χ3n) is 4.83. The zero-order chi connectivity index (χ0) is 22.5. The molecule has 12 heteroatoms. The summed E-state index contributed by atoms with van der Waals surface area (Å²) in [7, 11) is 0. The Hall–Kier alpha value is -3.22. The SMILES string of the molecule is CC(=O)O[C@@H](C)[C@H](OC(C)=O)C1NC2C(=O)NC(N)=NC2NC1NNc1ccccc1. The summed E-state index contributed by atoms with van der Waals surface area (Å²) in [6, 6.07) is 7.86. The van der Waals surface area contributed by atoms with Gasteiger partial charge in [-0.3, -0.25) is 30.3 Å². The van der Waals surface area contributed by atoms with Crippen LogP contribution in [-0.4, -0.2) is 60.4 Å². The second-order valence-electron chi connectivity index (χ2n) is 7.29. The van der Waals surface area contributed by atoms with Crippen LogP contribution in [0.2, 0.25) is 0 Å². The predicted molar refractivity (Wildman–Crippen MR) is 111 cm³/mol. The first-order valence-electron chi connectivity index (χ1n) is 9.82. The van der Waals surface area contributed by atoms with Gasteiger partial charge in [-0.05, 0) is 19.1 Å². The number of guanidine groups is 1. The highest BCUT2D eigenvalue weighted by atomic mass is 16.6. The van der Waals surface area contributed by atoms with Gasteiger partial charge in [0.15, 0.2) is 12.1 Å². The molecule has 0 aromatic heterocycles. The van der Waals surface area contributed by atoms with E-state index in [0.29, 0.717) is 0 Å². The molecule has 1 aromatic rings. The van der Waals surface area contributed by atoms with Crippen LogP contribution in [0.5, 0.6) is 0 Å². The van der Waals surface area contributed by atoms with Crippen molar-refractivity contribution in [3.8, 4) is 0 Å². The number of piperazine rings is 1. The Kier molecular flexibility index (Phi) is 7.05. The van der Waals surface area contributed by atoms with Crippen LogP contribution in [-0.2, 0) is 23.9 Å². The minimum atomic E-state index is -0.916. The first kappa shape index (κ1) is 22.5. The number of nitrogens with one attached hydrogen (secondary N) is 5. The fourth-order valence-corrected chi connectivity index (χ4v) is 3.58. The van der Waals surface area contributed by atoms with E-state index >= 15 is 0 Å². The van der Waals surface area contributed by atoms with Crippen molar-refractivity contribution in [1.82, 2.24) is 21.4 Å². The molecule has 3 rings (SSSR count). The number of hydrogen-bond acceptors (Lipinski definition) is 11. The van der Waals surface area contributed by atoms with E-state index in [4.69, 9.17) is 15.2 Å². The lowest BCUT2D eigenvalue weighted by Gasteiger charge is -2.46. The van der Waals surface area contributed by atoms with Crippen molar-refractivity contribution in [2.45, 2.75) is 57.4 Å². The molecule has 1 saturated heterocycles. The second kappa shape index (κ2) is 9.73. The number of carbonyl (C=O) groups excluding carboxylic acids is 3. The van der Waals surface area contributed by atoms with Gasteiger partial charge in [0.2, 0.25) is 5.91 Å². The van der Waals surface area contributed by atoms with E-state index in [1.54, 1.807) is 6.92 Å². The van der Waals surface area contributed by atoms with Gasteiger partial charge in [-0.25, -0.2) is 10.4 Å². The number of hydrogen-bond donors (Lipinski definition) is 6. The number of hydrazine groups is 1. The van der Waals surface area contributed by atoms with Gasteiger partial charge in [-0.15, -0.1) is 0 Å². The van der Waals surface area contributed by atoms with Crippen molar-refractivity contribution < 1.29 is 23.9 Å². The minimum absolute atomic E-state index is 0.00131. The molecule has 1 amide bonds. The van der Waals surface area contributed by atoms with Gasteiger partial charge >= 0.3 is 11.9 Å². The number of aliphatic imine (C=N–C) groups is 1. The summed E-state index contributed by atoms with van der Waals surface area (Å²) in [5.74, 6) is -1.46. The quantitative estimate of drug-likeness (QED) is 0.220. The summed E-state index contributed by atoms with van der Waals surface area (Å²) in [6.07, 6.45) is -2.98. The van der Waals surface area contributed by atoms with E-state index in [2.05, 4.69) is 31.8 Å². The van der Waals surface area contributed by atoms with Crippen molar-refractivity contribution in [2.75, 3.05) is 5.43 Å². The first-order valence-corrected chi connectivity index (χ1v) is 9.82. The van der Waals surface area contributed by atoms with Crippen molar-refractivity contribution in [1.29, 1.82) is 0 Å². The van der Waals surface area contributed by atoms with Gasteiger partial charge in [0.1, 0.15) is 18.3 Å². The molecule has 0 aliphatic carbocycles. The van der Waals surface area contributed by atoms with Crippen molar-refractivity contribution in [3.05, 3.63) is 30.3 Å². The molecule has 1 fully saturated rings. The zero-order valence-electron chi connectivity index (χ0n) is 17.4. The Morgan fingerprint density at radius 2 is 1.81 bits per heavy atom. The average Bonchev–Trinajstić information content (AvgIpc) is 2.70. The molecule has 4 unspecified atom stereocenters. The molecule has 31 heavy (non-hydrogen) atoms. The fourth-order valence-electron chi connectivity index (χ4n) is 3.58. The van der Waals surface area contributed by atoms with E-state index in [9.17, 15) is 14.4 Å². The number of ether oxygens (including phenoxy) is 2. The number of nitrogens with two attached hydrogens (primary N) is 1. The molecule has 0 saturated carbocycles. The average molecular weight is 433 g/mol. The van der Waals surface area contributed by atoms with E-state index < -0.39 is 48.6 Å². The second-order valence-corrected chi connectivity index (χ2v) is 7.29. The van der Waals surface area contributed by atoms with Gasteiger partial charge < -0.3 is 20.6 Å². The molecule has 2 aliphatic heterocycles. The van der Waals surface area contributed by atoms with Crippen molar-refractivity contribution in [3.63, 3.8) is 0 Å². The summed E-state index contributed by atoms with van der Waals surface area (Å²) in [5.41, 5.74) is 12.7. The van der Waals surface area contributed by atoms with Crippen molar-refractivity contribution >= 4 is 29.5 Å². The molecule has 0 radical (unpaired) electrons. The van der Waals surface area contributed by atoms with Gasteiger partial charge in [-0.1, -0.05) is 18.2 Å². The summed E-state index contributed by atoms with van der Waals surface area (Å²) < 4.78 is 10.8. The number of para-hydroxylation sites is 1. The Balaban J connectivity index is 1.87. The van der Waals surface area contributed by atoms with Crippen LogP contribution in [0.3, 0.4) is 0 Å². The molecule has 6 atom stereocenters. The standard InChI is InChI=1S/C19H27N7O5/c1-9(30-10(2)27)15(31-11(3)28)13-17(26-25-12-7-5-4-6-8-12)22-16-14(21-13)18(29)24-19(20)23-16/h4-9,13-17,21-22,25-26H,1-3H3,(H3,20,23,24,29)/t9-,13?,14?,15-,16?,17?/m0/s1. The normalized spacial score (nSPS) is 27.1. The Labute approximate surface area is 179 Å². The Bertz CT molecular complexity index is 849. The Morgan fingerprint density at radius 3 is 2.45 bits per heavy atom. The Morgan fingerprint density at radius 1 is 1.13 bits per heavy atom. The summed E-state index contributed by atoms with van der Waals surface area (Å²) >= 11 is 0. The predicted octanol–water partition coefficient (Wildman–Crippen LogP) is -1.49. The molecule has 168 valence electrons. The van der Waals surface area contributed by atoms with E-state index in [-0.39, 0.29) is 11.9 Å². The molecule has 7 N–H and O–H groups in total. The topological polar surface area (TPSA) is 168 Å². The highest BCUT2D eigenvalue weighted by molar-refractivity contribution is 6.01. The third kappa shape index (κ3) is 5.69. The van der Waals surface area contributed by atoms with Gasteiger partial charge in [0.25, 0.3) is 0 Å². The van der Waals surface area contributed by atoms with Gasteiger partial charge in [0.05, 0.1) is 12.2 Å². The highest BCUT2D eigenvalue weighted by Gasteiger charge is 2.47. The van der Waals surface area contributed by atoms with Crippen LogP contribution in [0.15, 0.2) is 35.3 Å². The highest BCUT2D eigenvalue weighted by Crippen LogP contribution is 2.19. The lowest BCUT2D eigenvalue weighted by molar-refractivity contribution is -0.168.